The first kappa shape index (κ1) is 20.4. The molecule has 0 radical (unpaired) electrons. The summed E-state index contributed by atoms with van der Waals surface area (Å²) >= 11 is 3.21. The Labute approximate surface area is 176 Å². The molecular formula is C19H25N4O4S2+. The molecule has 0 unspecified atom stereocenters. The average Bonchev–Trinajstić information content (AvgIpc) is 3.26. The Balaban J connectivity index is 1.79. The number of fused-ring (bicyclic) bond motifs is 2. The Morgan fingerprint density at radius 2 is 2.21 bits per heavy atom. The Hall–Kier alpha value is -1.88. The van der Waals surface area contributed by atoms with Crippen molar-refractivity contribution in [2.24, 2.45) is 11.8 Å². The predicted molar refractivity (Wildman–Crippen MR) is 111 cm³/mol. The Kier molecular flexibility index (Phi) is 5.22. The van der Waals surface area contributed by atoms with E-state index in [0.717, 1.165) is 27.8 Å². The summed E-state index contributed by atoms with van der Waals surface area (Å²) < 4.78 is 4.21. The topological polar surface area (TPSA) is 98.2 Å². The summed E-state index contributed by atoms with van der Waals surface area (Å²) in [6.45, 7) is 5.24. The maximum Gasteiger partial charge on any atom is 0.352 e. The number of β-lactam (4-membered cyclic amide) rings is 1. The molecule has 156 valence electrons. The number of aliphatic hydroxyl groups excluding tert-OH is 1. The van der Waals surface area contributed by atoms with Crippen molar-refractivity contribution in [2.75, 3.05) is 19.8 Å². The summed E-state index contributed by atoms with van der Waals surface area (Å²) in [6.07, 6.45) is 5.21. The van der Waals surface area contributed by atoms with Gasteiger partial charge in [-0.1, -0.05) is 30.0 Å². The number of carboxylic acid groups (broad SMARTS) is 1. The molecule has 4 atom stereocenters. The smallest absolute Gasteiger partial charge is 0.352 e. The third kappa shape index (κ3) is 2.92. The number of carbonyl (C=O) groups excluding carboxylic acids is 1. The number of amides is 1. The number of rotatable bonds is 7. The summed E-state index contributed by atoms with van der Waals surface area (Å²) in [5.74, 6) is -2.11. The molecule has 4 rings (SSSR count). The molecule has 0 aliphatic carbocycles. The van der Waals surface area contributed by atoms with Gasteiger partial charge >= 0.3 is 5.97 Å². The molecule has 0 aromatic carbocycles. The second-order valence-corrected chi connectivity index (χ2v) is 9.38. The number of hydrogen-bond acceptors (Lipinski definition) is 6. The number of nitrogens with zero attached hydrogens (tertiary/aromatic N) is 3. The quantitative estimate of drug-likeness (QED) is 0.338. The molecule has 3 N–H and O–H groups in total. The van der Waals surface area contributed by atoms with Crippen LogP contribution in [0.25, 0.3) is 10.4 Å². The van der Waals surface area contributed by atoms with Crippen LogP contribution in [0, 0.1) is 11.8 Å². The van der Waals surface area contributed by atoms with Gasteiger partial charge in [0.05, 0.1) is 22.9 Å². The van der Waals surface area contributed by atoms with Gasteiger partial charge < -0.3 is 20.4 Å². The molecular weight excluding hydrogens is 412 g/mol. The van der Waals surface area contributed by atoms with Gasteiger partial charge in [0.15, 0.2) is 0 Å². The summed E-state index contributed by atoms with van der Waals surface area (Å²) in [4.78, 5) is 27.9. The number of thiazole rings is 1. The van der Waals surface area contributed by atoms with Crippen LogP contribution in [0.1, 0.15) is 18.7 Å². The fourth-order valence-corrected chi connectivity index (χ4v) is 6.75. The molecule has 8 nitrogen and oxygen atoms in total. The van der Waals surface area contributed by atoms with Crippen LogP contribution in [0.3, 0.4) is 0 Å². The van der Waals surface area contributed by atoms with E-state index in [1.165, 1.54) is 4.90 Å². The molecule has 1 saturated heterocycles. The minimum absolute atomic E-state index is 0.0580. The first-order valence-corrected chi connectivity index (χ1v) is 11.6. The zero-order valence-corrected chi connectivity index (χ0v) is 18.4. The van der Waals surface area contributed by atoms with Crippen molar-refractivity contribution < 1.29 is 24.4 Å². The monoisotopic (exact) mass is 437 g/mol. The summed E-state index contributed by atoms with van der Waals surface area (Å²) in [5.41, 5.74) is 0.740. The van der Waals surface area contributed by atoms with E-state index in [-0.39, 0.29) is 23.6 Å². The van der Waals surface area contributed by atoms with Crippen LogP contribution in [0.5, 0.6) is 0 Å². The number of carboxylic acids is 1. The predicted octanol–water partition coefficient (Wildman–Crippen LogP) is 0.883. The van der Waals surface area contributed by atoms with Crippen LogP contribution in [0.15, 0.2) is 23.2 Å². The maximum absolute atomic E-state index is 12.5. The highest BCUT2D eigenvalue weighted by Gasteiger charge is 2.60. The standard InChI is InChI=1S/C19H24N4O4S2/c1-9-12(15(19(26)27)23-14(9)13(10(2)24)16(23)25)11-7-22-8-21(6-5-20-3)17(28-4)18(22)29-11/h7-10,13-14,20,24H,5-6H2,1-4H3/p+1/t9-,10+,13+,14+/m0/s1. The van der Waals surface area contributed by atoms with Gasteiger partial charge in [-0.05, 0) is 20.2 Å². The second kappa shape index (κ2) is 7.42. The van der Waals surface area contributed by atoms with Crippen molar-refractivity contribution in [1.29, 1.82) is 0 Å². The number of thioether (sulfide) groups is 1. The lowest BCUT2D eigenvalue weighted by Crippen LogP contribution is -2.63. The van der Waals surface area contributed by atoms with Crippen LogP contribution in [0.4, 0.5) is 0 Å². The third-order valence-electron chi connectivity index (χ3n) is 5.84. The number of aromatic nitrogens is 2. The Bertz CT molecular complexity index is 1020. The zero-order chi connectivity index (χ0) is 21.0. The fraction of sp³-hybridized carbons (Fsp3) is 0.526. The van der Waals surface area contributed by atoms with Crippen LogP contribution in [-0.2, 0) is 16.1 Å². The van der Waals surface area contributed by atoms with E-state index in [1.54, 1.807) is 30.0 Å². The van der Waals surface area contributed by atoms with Crippen molar-refractivity contribution >= 4 is 45.4 Å². The van der Waals surface area contributed by atoms with Gasteiger partial charge in [0.25, 0.3) is 6.33 Å². The molecule has 2 aliphatic rings. The van der Waals surface area contributed by atoms with E-state index in [9.17, 15) is 19.8 Å². The summed E-state index contributed by atoms with van der Waals surface area (Å²) in [7, 11) is 1.92. The van der Waals surface area contributed by atoms with Crippen LogP contribution >= 0.6 is 23.1 Å². The van der Waals surface area contributed by atoms with Gasteiger partial charge in [-0.15, -0.1) is 0 Å². The highest BCUT2D eigenvalue weighted by Crippen LogP contribution is 2.51. The largest absolute Gasteiger partial charge is 0.477 e. The Morgan fingerprint density at radius 1 is 1.48 bits per heavy atom. The number of carbonyl (C=O) groups is 2. The minimum atomic E-state index is -1.10. The first-order chi connectivity index (χ1) is 13.8. The van der Waals surface area contributed by atoms with Crippen LogP contribution in [0.2, 0.25) is 0 Å². The molecule has 0 saturated carbocycles. The molecule has 29 heavy (non-hydrogen) atoms. The third-order valence-corrected chi connectivity index (χ3v) is 7.93. The molecule has 4 heterocycles. The van der Waals surface area contributed by atoms with E-state index in [2.05, 4.69) is 9.88 Å². The maximum atomic E-state index is 12.5. The van der Waals surface area contributed by atoms with Gasteiger partial charge in [-0.3, -0.25) is 4.79 Å². The van der Waals surface area contributed by atoms with Crippen molar-refractivity contribution in [3.63, 3.8) is 0 Å². The van der Waals surface area contributed by atoms with Crippen LogP contribution in [-0.4, -0.2) is 63.4 Å². The molecule has 10 heteroatoms. The Morgan fingerprint density at radius 3 is 2.79 bits per heavy atom. The lowest BCUT2D eigenvalue weighted by molar-refractivity contribution is -0.727. The normalized spacial score (nSPS) is 24.9. The number of nitrogens with one attached hydrogen (secondary N) is 1. The molecule has 1 amide bonds. The van der Waals surface area contributed by atoms with E-state index < -0.39 is 18.0 Å². The number of imidazole rings is 1. The number of hydrogen-bond donors (Lipinski definition) is 3. The fourth-order valence-electron chi connectivity index (χ4n) is 4.55. The lowest BCUT2D eigenvalue weighted by atomic mass is 9.77. The van der Waals surface area contributed by atoms with Crippen molar-refractivity contribution in [3.8, 4) is 0 Å². The van der Waals surface area contributed by atoms with Gasteiger partial charge in [0, 0.05) is 18.0 Å². The first-order valence-electron chi connectivity index (χ1n) is 9.53. The SMILES string of the molecule is CNCC[n+]1cn2cc(C3=C(C(=O)O)N4C(=O)[C@H]([C@@H](C)O)[C@H]4[C@H]3C)sc2c1SC. The van der Waals surface area contributed by atoms with Gasteiger partial charge in [0.2, 0.25) is 15.8 Å². The van der Waals surface area contributed by atoms with Gasteiger partial charge in [-0.25, -0.2) is 9.36 Å². The zero-order valence-electron chi connectivity index (χ0n) is 16.7. The van der Waals surface area contributed by atoms with E-state index in [0.29, 0.717) is 5.57 Å². The number of aliphatic hydroxyl groups is 1. The van der Waals surface area contributed by atoms with Crippen molar-refractivity contribution in [3.05, 3.63) is 23.1 Å². The highest BCUT2D eigenvalue weighted by molar-refractivity contribution is 7.98. The molecule has 1 fully saturated rings. The van der Waals surface area contributed by atoms with Gasteiger partial charge in [0.1, 0.15) is 18.4 Å². The van der Waals surface area contributed by atoms with Crippen LogP contribution < -0.4 is 9.88 Å². The average molecular weight is 438 g/mol. The minimum Gasteiger partial charge on any atom is -0.477 e. The lowest BCUT2D eigenvalue weighted by Gasteiger charge is -2.46. The summed E-state index contributed by atoms with van der Waals surface area (Å²) in [5, 5.41) is 24.2. The van der Waals surface area contributed by atoms with E-state index in [4.69, 9.17) is 0 Å². The number of likely N-dealkylation sites (N-methyl/N-ethyl adjacent to an activating group) is 1. The summed E-state index contributed by atoms with van der Waals surface area (Å²) in [6, 6.07) is -0.300. The molecule has 2 aromatic heterocycles. The highest BCUT2D eigenvalue weighted by atomic mass is 32.2. The van der Waals surface area contributed by atoms with E-state index >= 15 is 0 Å². The molecule has 2 aliphatic heterocycles. The van der Waals surface area contributed by atoms with E-state index in [1.807, 2.05) is 37.2 Å². The van der Waals surface area contributed by atoms with Crippen molar-refractivity contribution in [1.82, 2.24) is 14.6 Å². The molecule has 2 aromatic rings. The molecule has 0 spiro atoms. The molecule has 0 bridgehead atoms. The second-order valence-electron chi connectivity index (χ2n) is 7.55. The number of aliphatic carboxylic acids is 1. The van der Waals surface area contributed by atoms with Gasteiger partial charge in [-0.2, -0.15) is 4.40 Å². The van der Waals surface area contributed by atoms with Crippen molar-refractivity contribution in [2.45, 2.75) is 37.6 Å².